The second kappa shape index (κ2) is 8.21. The van der Waals surface area contributed by atoms with Crippen LogP contribution in [0.25, 0.3) is 12.2 Å². The Kier molecular flexibility index (Phi) is 6.03. The first-order chi connectivity index (χ1) is 11.5. The van der Waals surface area contributed by atoms with E-state index in [1.807, 2.05) is 12.2 Å². The van der Waals surface area contributed by atoms with E-state index in [4.69, 9.17) is 9.84 Å². The summed E-state index contributed by atoms with van der Waals surface area (Å²) in [6, 6.07) is 13.0. The minimum absolute atomic E-state index is 0.0477. The van der Waals surface area contributed by atoms with Crippen LogP contribution in [-0.2, 0) is 0 Å². The molecule has 6 heteroatoms. The molecule has 24 heavy (non-hydrogen) atoms. The van der Waals surface area contributed by atoms with Crippen LogP contribution in [0, 0.1) is 16.0 Å². The maximum absolute atomic E-state index is 13.6. The zero-order valence-electron chi connectivity index (χ0n) is 13.1. The fourth-order valence-corrected chi connectivity index (χ4v) is 1.89. The summed E-state index contributed by atoms with van der Waals surface area (Å²) in [5, 5.41) is 19.5. The molecule has 0 aliphatic rings. The van der Waals surface area contributed by atoms with Crippen LogP contribution in [0.1, 0.15) is 18.1 Å². The Balaban J connectivity index is 1.99. The highest BCUT2D eigenvalue weighted by Gasteiger charge is 2.16. The van der Waals surface area contributed by atoms with Crippen molar-refractivity contribution in [3.8, 4) is 5.75 Å². The summed E-state index contributed by atoms with van der Waals surface area (Å²) >= 11 is 0. The lowest BCUT2D eigenvalue weighted by atomic mass is 10.1. The number of rotatable bonds is 7. The van der Waals surface area contributed by atoms with Crippen molar-refractivity contribution in [2.24, 2.45) is 5.92 Å². The molecule has 0 saturated heterocycles. The second-order valence-electron chi connectivity index (χ2n) is 5.38. The van der Waals surface area contributed by atoms with Gasteiger partial charge in [-0.3, -0.25) is 10.1 Å². The van der Waals surface area contributed by atoms with Gasteiger partial charge in [-0.1, -0.05) is 31.2 Å². The molecule has 0 aliphatic heterocycles. The van der Waals surface area contributed by atoms with Crippen molar-refractivity contribution in [1.82, 2.24) is 0 Å². The average Bonchev–Trinajstić information content (AvgIpc) is 2.60. The predicted molar refractivity (Wildman–Crippen MR) is 90.2 cm³/mol. The highest BCUT2D eigenvalue weighted by atomic mass is 19.1. The lowest BCUT2D eigenvalue weighted by Crippen LogP contribution is -2.22. The van der Waals surface area contributed by atoms with Crippen molar-refractivity contribution in [3.05, 3.63) is 69.8 Å². The summed E-state index contributed by atoms with van der Waals surface area (Å²) < 4.78 is 18.7. The van der Waals surface area contributed by atoms with Gasteiger partial charge in [-0.25, -0.2) is 4.39 Å². The monoisotopic (exact) mass is 331 g/mol. The molecule has 0 heterocycles. The van der Waals surface area contributed by atoms with Gasteiger partial charge in [-0.2, -0.15) is 0 Å². The molecule has 2 rings (SSSR count). The van der Waals surface area contributed by atoms with Gasteiger partial charge in [0.25, 0.3) is 5.69 Å². The van der Waals surface area contributed by atoms with Gasteiger partial charge >= 0.3 is 0 Å². The molecular formula is C18H18FNO4. The first-order valence-corrected chi connectivity index (χ1v) is 7.44. The van der Waals surface area contributed by atoms with Gasteiger partial charge in [-0.05, 0) is 35.4 Å². The highest BCUT2D eigenvalue weighted by Crippen LogP contribution is 2.19. The van der Waals surface area contributed by atoms with Gasteiger partial charge in [0, 0.05) is 18.1 Å². The molecule has 0 spiro atoms. The fourth-order valence-electron chi connectivity index (χ4n) is 1.89. The lowest BCUT2D eigenvalue weighted by molar-refractivity contribution is -0.384. The number of hydrogen-bond donors (Lipinski definition) is 1. The number of aliphatic hydroxyl groups is 1. The van der Waals surface area contributed by atoms with Crippen molar-refractivity contribution >= 4 is 17.8 Å². The molecule has 2 atom stereocenters. The second-order valence-corrected chi connectivity index (χ2v) is 5.38. The van der Waals surface area contributed by atoms with Crippen LogP contribution in [-0.4, -0.2) is 23.0 Å². The van der Waals surface area contributed by atoms with Crippen molar-refractivity contribution in [3.63, 3.8) is 0 Å². The van der Waals surface area contributed by atoms with E-state index in [0.717, 1.165) is 11.1 Å². The third kappa shape index (κ3) is 4.89. The molecule has 0 saturated carbocycles. The molecule has 0 aromatic heterocycles. The zero-order chi connectivity index (χ0) is 17.5. The molecule has 2 aromatic carbocycles. The number of nitrogens with zero attached hydrogens (tertiary/aromatic N) is 1. The van der Waals surface area contributed by atoms with Crippen molar-refractivity contribution in [2.75, 3.05) is 6.61 Å². The van der Waals surface area contributed by atoms with Crippen LogP contribution in [0.5, 0.6) is 5.75 Å². The van der Waals surface area contributed by atoms with E-state index in [2.05, 4.69) is 0 Å². The summed E-state index contributed by atoms with van der Waals surface area (Å²) in [6.07, 6.45) is 2.11. The molecule has 1 N–H and O–H groups in total. The van der Waals surface area contributed by atoms with E-state index in [1.54, 1.807) is 43.3 Å². The fraction of sp³-hybridized carbons (Fsp3) is 0.222. The van der Waals surface area contributed by atoms with Crippen LogP contribution in [0.2, 0.25) is 0 Å². The SMILES string of the molecule is CC(CO)C(F)Oc1ccc(C=Cc2ccc([N+](=O)[O-])cc2)cc1. The quantitative estimate of drug-likeness (QED) is 0.471. The third-order valence-electron chi connectivity index (χ3n) is 3.44. The van der Waals surface area contributed by atoms with E-state index < -0.39 is 17.2 Å². The molecule has 0 amide bonds. The van der Waals surface area contributed by atoms with Crippen LogP contribution in [0.4, 0.5) is 10.1 Å². The Labute approximate surface area is 139 Å². The zero-order valence-corrected chi connectivity index (χ0v) is 13.1. The molecule has 2 unspecified atom stereocenters. The Morgan fingerprint density at radius 1 is 1.12 bits per heavy atom. The standard InChI is InChI=1S/C18H18FNO4/c1-13(12-21)18(19)24-17-10-6-15(7-11-17)3-2-14-4-8-16(9-5-14)20(22)23/h2-11,13,18,21H,12H2,1H3. The number of nitro groups is 1. The number of ether oxygens (including phenoxy) is 1. The topological polar surface area (TPSA) is 72.6 Å². The van der Waals surface area contributed by atoms with E-state index in [0.29, 0.717) is 5.75 Å². The van der Waals surface area contributed by atoms with Crippen molar-refractivity contribution in [1.29, 1.82) is 0 Å². The van der Waals surface area contributed by atoms with Crippen molar-refractivity contribution in [2.45, 2.75) is 13.3 Å². The number of aliphatic hydroxyl groups excluding tert-OH is 1. The summed E-state index contributed by atoms with van der Waals surface area (Å²) in [7, 11) is 0. The lowest BCUT2D eigenvalue weighted by Gasteiger charge is -2.16. The molecule has 126 valence electrons. The molecule has 0 bridgehead atoms. The maximum Gasteiger partial charge on any atom is 0.269 e. The van der Waals surface area contributed by atoms with Gasteiger partial charge in [0.1, 0.15) is 5.75 Å². The number of halogens is 1. The highest BCUT2D eigenvalue weighted by molar-refractivity contribution is 5.70. The maximum atomic E-state index is 13.6. The van der Waals surface area contributed by atoms with E-state index >= 15 is 0 Å². The molecule has 0 radical (unpaired) electrons. The Hall–Kier alpha value is -2.73. The van der Waals surface area contributed by atoms with Crippen LogP contribution in [0.15, 0.2) is 48.5 Å². The summed E-state index contributed by atoms with van der Waals surface area (Å²) in [5.41, 5.74) is 1.76. The van der Waals surface area contributed by atoms with E-state index in [9.17, 15) is 14.5 Å². The largest absolute Gasteiger partial charge is 0.460 e. The Morgan fingerprint density at radius 3 is 2.08 bits per heavy atom. The molecule has 2 aromatic rings. The van der Waals surface area contributed by atoms with Gasteiger partial charge in [0.05, 0.1) is 11.5 Å². The smallest absolute Gasteiger partial charge is 0.269 e. The minimum atomic E-state index is -1.56. The summed E-state index contributed by atoms with van der Waals surface area (Å²) in [6.45, 7) is 1.28. The van der Waals surface area contributed by atoms with Gasteiger partial charge in [0.2, 0.25) is 6.36 Å². The summed E-state index contributed by atoms with van der Waals surface area (Å²) in [4.78, 5) is 10.2. The Bertz CT molecular complexity index is 698. The van der Waals surface area contributed by atoms with Gasteiger partial charge < -0.3 is 9.84 Å². The first kappa shape index (κ1) is 17.6. The number of hydrogen-bond acceptors (Lipinski definition) is 4. The number of benzene rings is 2. The van der Waals surface area contributed by atoms with Crippen LogP contribution >= 0.6 is 0 Å². The molecular weight excluding hydrogens is 313 g/mol. The van der Waals surface area contributed by atoms with E-state index in [1.165, 1.54) is 12.1 Å². The molecule has 0 fully saturated rings. The summed E-state index contributed by atoms with van der Waals surface area (Å²) in [5.74, 6) is -0.206. The van der Waals surface area contributed by atoms with Gasteiger partial charge in [-0.15, -0.1) is 0 Å². The molecule has 5 nitrogen and oxygen atoms in total. The number of alkyl halides is 1. The first-order valence-electron chi connectivity index (χ1n) is 7.44. The predicted octanol–water partition coefficient (Wildman–Crippen LogP) is 4.07. The number of nitro benzene ring substituents is 1. The van der Waals surface area contributed by atoms with Crippen LogP contribution < -0.4 is 4.74 Å². The van der Waals surface area contributed by atoms with Gasteiger partial charge in [0.15, 0.2) is 0 Å². The van der Waals surface area contributed by atoms with Crippen LogP contribution in [0.3, 0.4) is 0 Å². The minimum Gasteiger partial charge on any atom is -0.460 e. The Morgan fingerprint density at radius 2 is 1.62 bits per heavy atom. The van der Waals surface area contributed by atoms with Crippen molar-refractivity contribution < 1.29 is 19.2 Å². The van der Waals surface area contributed by atoms with E-state index in [-0.39, 0.29) is 12.3 Å². The number of non-ortho nitro benzene ring substituents is 1. The normalized spacial score (nSPS) is 13.6. The molecule has 0 aliphatic carbocycles. The third-order valence-corrected chi connectivity index (χ3v) is 3.44. The average molecular weight is 331 g/mol.